The second-order valence-electron chi connectivity index (χ2n) is 10.3. The average molecular weight is 499 g/mol. The Morgan fingerprint density at radius 1 is 1.11 bits per heavy atom. The van der Waals surface area contributed by atoms with Gasteiger partial charge in [0, 0.05) is 51.6 Å². The van der Waals surface area contributed by atoms with Gasteiger partial charge >= 0.3 is 5.97 Å². The Morgan fingerprint density at radius 3 is 2.60 bits per heavy atom. The number of rotatable bonds is 8. The standard InChI is InChI=1S/C25H34N4O5Si/c1-6-34-25(32)22-19-10-12-28(18-8-7-17-9-11-27(2)23(30)20(17)15-18)24(31)21(19)26-29(22)16-33-13-14-35(3,4)5/h7-8,15H,6,9-14,16H2,1-5H3. The number of hydrogen-bond donors (Lipinski definition) is 0. The fourth-order valence-electron chi connectivity index (χ4n) is 4.40. The summed E-state index contributed by atoms with van der Waals surface area (Å²) in [5.41, 5.74) is 3.38. The summed E-state index contributed by atoms with van der Waals surface area (Å²) in [7, 11) is 0.519. The van der Waals surface area contributed by atoms with Gasteiger partial charge in [-0.05, 0) is 43.5 Å². The average Bonchev–Trinajstić information content (AvgIpc) is 3.18. The Hall–Kier alpha value is -2.98. The number of carbonyl (C=O) groups is 3. The number of amides is 2. The molecule has 9 nitrogen and oxygen atoms in total. The number of nitrogens with zero attached hydrogens (tertiary/aromatic N) is 4. The molecule has 0 radical (unpaired) electrons. The molecule has 4 rings (SSSR count). The molecule has 0 N–H and O–H groups in total. The van der Waals surface area contributed by atoms with Gasteiger partial charge < -0.3 is 19.3 Å². The van der Waals surface area contributed by atoms with Crippen LogP contribution in [0.4, 0.5) is 5.69 Å². The van der Waals surface area contributed by atoms with Gasteiger partial charge in [-0.2, -0.15) is 5.10 Å². The van der Waals surface area contributed by atoms with Gasteiger partial charge in [-0.3, -0.25) is 9.59 Å². The molecule has 0 aliphatic carbocycles. The highest BCUT2D eigenvalue weighted by Gasteiger charge is 2.35. The van der Waals surface area contributed by atoms with E-state index in [9.17, 15) is 14.4 Å². The van der Waals surface area contributed by atoms with Crippen LogP contribution < -0.4 is 4.90 Å². The number of likely N-dealkylation sites (N-methyl/N-ethyl adjacent to an activating group) is 1. The SMILES string of the molecule is CCOC(=O)c1c2c(nn1COCC[Si](C)(C)C)C(=O)N(c1ccc3c(c1)C(=O)N(C)CC3)CC2. The first kappa shape index (κ1) is 25.1. The van der Waals surface area contributed by atoms with Crippen LogP contribution in [0.2, 0.25) is 25.7 Å². The van der Waals surface area contributed by atoms with Crippen LogP contribution >= 0.6 is 0 Å². The molecule has 1 aromatic carbocycles. The molecule has 0 saturated heterocycles. The second kappa shape index (κ2) is 9.94. The highest BCUT2D eigenvalue weighted by atomic mass is 28.3. The van der Waals surface area contributed by atoms with Crippen molar-refractivity contribution in [2.24, 2.45) is 0 Å². The van der Waals surface area contributed by atoms with E-state index in [-0.39, 0.29) is 36.5 Å². The minimum absolute atomic E-state index is 0.0393. The molecule has 0 atom stereocenters. The van der Waals surface area contributed by atoms with Gasteiger partial charge in [0.2, 0.25) is 0 Å². The summed E-state index contributed by atoms with van der Waals surface area (Å²) in [5.74, 6) is -0.837. The maximum absolute atomic E-state index is 13.5. The summed E-state index contributed by atoms with van der Waals surface area (Å²) in [4.78, 5) is 42.3. The van der Waals surface area contributed by atoms with Gasteiger partial charge in [-0.15, -0.1) is 0 Å². The molecule has 188 valence electrons. The van der Waals surface area contributed by atoms with E-state index in [4.69, 9.17) is 9.47 Å². The van der Waals surface area contributed by atoms with E-state index >= 15 is 0 Å². The largest absolute Gasteiger partial charge is 0.461 e. The molecule has 2 aliphatic heterocycles. The third-order valence-electron chi connectivity index (χ3n) is 6.46. The lowest BCUT2D eigenvalue weighted by molar-refractivity contribution is 0.0453. The van der Waals surface area contributed by atoms with Crippen LogP contribution in [-0.4, -0.2) is 73.9 Å². The van der Waals surface area contributed by atoms with Gasteiger partial charge in [0.05, 0.1) is 6.61 Å². The molecule has 2 aliphatic rings. The molecule has 1 aromatic heterocycles. The van der Waals surface area contributed by atoms with Gasteiger partial charge in [0.15, 0.2) is 11.4 Å². The first-order chi connectivity index (χ1) is 16.6. The Labute approximate surface area is 207 Å². The number of carbonyl (C=O) groups excluding carboxylic acids is 3. The molecule has 0 saturated carbocycles. The van der Waals surface area contributed by atoms with Gasteiger partial charge in [-0.1, -0.05) is 25.7 Å². The monoisotopic (exact) mass is 498 g/mol. The van der Waals surface area contributed by atoms with Crippen molar-refractivity contribution >= 4 is 31.5 Å². The van der Waals surface area contributed by atoms with Crippen molar-refractivity contribution in [2.75, 3.05) is 38.3 Å². The van der Waals surface area contributed by atoms with Gasteiger partial charge in [0.25, 0.3) is 11.8 Å². The summed E-state index contributed by atoms with van der Waals surface area (Å²) in [5, 5.41) is 4.50. The minimum atomic E-state index is -1.26. The topological polar surface area (TPSA) is 94.0 Å². The molecular formula is C25H34N4O5Si. The number of aromatic nitrogens is 2. The molecule has 0 unspecified atom stereocenters. The Balaban J connectivity index is 1.61. The van der Waals surface area contributed by atoms with E-state index in [1.807, 2.05) is 12.1 Å². The number of ether oxygens (including phenoxy) is 2. The Morgan fingerprint density at radius 2 is 1.89 bits per heavy atom. The van der Waals surface area contributed by atoms with E-state index in [1.165, 1.54) is 4.68 Å². The van der Waals surface area contributed by atoms with E-state index in [2.05, 4.69) is 24.7 Å². The van der Waals surface area contributed by atoms with Crippen LogP contribution in [0.1, 0.15) is 49.4 Å². The molecule has 2 amide bonds. The van der Waals surface area contributed by atoms with Crippen LogP contribution in [0.3, 0.4) is 0 Å². The lowest BCUT2D eigenvalue weighted by atomic mass is 9.97. The minimum Gasteiger partial charge on any atom is -0.461 e. The van der Waals surface area contributed by atoms with Crippen molar-refractivity contribution in [3.05, 3.63) is 46.3 Å². The van der Waals surface area contributed by atoms with Crippen molar-refractivity contribution < 1.29 is 23.9 Å². The molecule has 0 fully saturated rings. The zero-order chi connectivity index (χ0) is 25.3. The van der Waals surface area contributed by atoms with Crippen molar-refractivity contribution in [2.45, 2.75) is 52.2 Å². The van der Waals surface area contributed by atoms with E-state index in [1.54, 1.807) is 29.8 Å². The van der Waals surface area contributed by atoms with E-state index in [0.29, 0.717) is 42.9 Å². The van der Waals surface area contributed by atoms with E-state index < -0.39 is 14.0 Å². The summed E-state index contributed by atoms with van der Waals surface area (Å²) in [6.45, 7) is 10.5. The number of benzene rings is 1. The van der Waals surface area contributed by atoms with Crippen molar-refractivity contribution in [3.8, 4) is 0 Å². The van der Waals surface area contributed by atoms with Crippen LogP contribution in [0.15, 0.2) is 18.2 Å². The van der Waals surface area contributed by atoms with Gasteiger partial charge in [0.1, 0.15) is 6.73 Å². The predicted octanol–water partition coefficient (Wildman–Crippen LogP) is 3.20. The van der Waals surface area contributed by atoms with E-state index in [0.717, 1.165) is 18.0 Å². The molecule has 10 heteroatoms. The summed E-state index contributed by atoms with van der Waals surface area (Å²) in [6.07, 6.45) is 1.25. The zero-order valence-corrected chi connectivity index (χ0v) is 22.2. The maximum Gasteiger partial charge on any atom is 0.357 e. The quantitative estimate of drug-likeness (QED) is 0.315. The van der Waals surface area contributed by atoms with Crippen LogP contribution in [-0.2, 0) is 29.0 Å². The Bertz CT molecular complexity index is 1150. The fourth-order valence-corrected chi connectivity index (χ4v) is 5.16. The molecule has 0 bridgehead atoms. The third kappa shape index (κ3) is 5.18. The lowest BCUT2D eigenvalue weighted by Crippen LogP contribution is -2.39. The summed E-state index contributed by atoms with van der Waals surface area (Å²) in [6, 6.07) is 6.58. The second-order valence-corrected chi connectivity index (χ2v) is 15.9. The first-order valence-corrected chi connectivity index (χ1v) is 15.9. The van der Waals surface area contributed by atoms with Crippen LogP contribution in [0.25, 0.3) is 0 Å². The number of hydrogen-bond acceptors (Lipinski definition) is 6. The van der Waals surface area contributed by atoms with Crippen molar-refractivity contribution in [1.82, 2.24) is 14.7 Å². The normalized spacial score (nSPS) is 15.8. The fraction of sp³-hybridized carbons (Fsp3) is 0.520. The van der Waals surface area contributed by atoms with Crippen LogP contribution in [0.5, 0.6) is 0 Å². The van der Waals surface area contributed by atoms with Gasteiger partial charge in [-0.25, -0.2) is 9.48 Å². The molecule has 2 aromatic rings. The molecule has 3 heterocycles. The first-order valence-electron chi connectivity index (χ1n) is 12.2. The molecule has 35 heavy (non-hydrogen) atoms. The lowest BCUT2D eigenvalue weighted by Gasteiger charge is -2.29. The predicted molar refractivity (Wildman–Crippen MR) is 135 cm³/mol. The van der Waals surface area contributed by atoms with Crippen molar-refractivity contribution in [1.29, 1.82) is 0 Å². The number of fused-ring (bicyclic) bond motifs is 2. The smallest absolute Gasteiger partial charge is 0.357 e. The highest BCUT2D eigenvalue weighted by Crippen LogP contribution is 2.30. The zero-order valence-electron chi connectivity index (χ0n) is 21.2. The number of esters is 1. The Kier molecular flexibility index (Phi) is 7.14. The highest BCUT2D eigenvalue weighted by molar-refractivity contribution is 6.76. The summed E-state index contributed by atoms with van der Waals surface area (Å²) < 4.78 is 12.6. The number of anilines is 1. The third-order valence-corrected chi connectivity index (χ3v) is 8.17. The molecular weight excluding hydrogens is 464 g/mol. The van der Waals surface area contributed by atoms with Crippen LogP contribution in [0, 0.1) is 0 Å². The summed E-state index contributed by atoms with van der Waals surface area (Å²) >= 11 is 0. The molecule has 0 spiro atoms. The maximum atomic E-state index is 13.5. The van der Waals surface area contributed by atoms with Crippen molar-refractivity contribution in [3.63, 3.8) is 0 Å².